The summed E-state index contributed by atoms with van der Waals surface area (Å²) in [5.74, 6) is -6.54. The van der Waals surface area contributed by atoms with Crippen molar-refractivity contribution >= 4 is 23.2 Å². The third kappa shape index (κ3) is 2.07. The maximum absolute atomic E-state index is 13.0. The van der Waals surface area contributed by atoms with E-state index >= 15 is 0 Å². The molecule has 1 aromatic carbocycles. The van der Waals surface area contributed by atoms with Crippen LogP contribution in [0.5, 0.6) is 5.75 Å². The predicted octanol–water partition coefficient (Wildman–Crippen LogP) is 0.163. The molecule has 9 nitrogen and oxygen atoms in total. The summed E-state index contributed by atoms with van der Waals surface area (Å²) in [5, 5.41) is 42.1. The maximum Gasteiger partial charge on any atom is 0.255 e. The van der Waals surface area contributed by atoms with Gasteiger partial charge in [-0.25, -0.2) is 0 Å². The molecular weight excluding hydrogens is 368 g/mol. The molecule has 0 radical (unpaired) electrons. The number of hydrogen-bond acceptors (Lipinski definition) is 8. The molecule has 9 heteroatoms. The summed E-state index contributed by atoms with van der Waals surface area (Å²) in [6.07, 6.45) is 0.124. The zero-order valence-electron chi connectivity index (χ0n) is 14.6. The zero-order valence-corrected chi connectivity index (χ0v) is 14.6. The topological polar surface area (TPSA) is 184 Å². The Morgan fingerprint density at radius 2 is 1.82 bits per heavy atom. The molecule has 0 saturated heterocycles. The summed E-state index contributed by atoms with van der Waals surface area (Å²) < 4.78 is 0. The number of anilines is 1. The third-order valence-electron chi connectivity index (χ3n) is 5.97. The number of nitrogen functional groups attached to an aromatic ring is 1. The van der Waals surface area contributed by atoms with Crippen molar-refractivity contribution in [1.29, 1.82) is 0 Å². The minimum atomic E-state index is -2.55. The van der Waals surface area contributed by atoms with Crippen molar-refractivity contribution in [3.8, 4) is 5.75 Å². The molecule has 0 fully saturated rings. The van der Waals surface area contributed by atoms with Crippen LogP contribution in [-0.2, 0) is 16.0 Å². The number of hydrogen-bond donors (Lipinski definition) is 6. The van der Waals surface area contributed by atoms with Crippen LogP contribution in [0.1, 0.15) is 28.8 Å². The maximum atomic E-state index is 13.0. The molecule has 8 N–H and O–H groups in total. The molecule has 4 rings (SSSR count). The minimum Gasteiger partial charge on any atom is -0.511 e. The van der Waals surface area contributed by atoms with Crippen LogP contribution in [0, 0.1) is 11.8 Å². The SMILES string of the molecule is NC(=O)C1=C(O)C[C@@H]2C[C@@H]3Cc4ccc(N)c(O)c4C(=O)C3=C(O)[C@]2(O)C1=O. The van der Waals surface area contributed by atoms with Crippen molar-refractivity contribution in [2.75, 3.05) is 5.73 Å². The zero-order chi connectivity index (χ0) is 20.5. The number of carbonyl (C=O) groups is 3. The Kier molecular flexibility index (Phi) is 3.60. The van der Waals surface area contributed by atoms with E-state index in [1.807, 2.05) is 0 Å². The normalized spacial score (nSPS) is 29.3. The van der Waals surface area contributed by atoms with Gasteiger partial charge in [-0.1, -0.05) is 6.07 Å². The number of phenolic OH excluding ortho intramolecular Hbond substituents is 1. The second-order valence-electron chi connectivity index (χ2n) is 7.45. The number of aliphatic hydroxyl groups is 3. The van der Waals surface area contributed by atoms with Crippen LogP contribution in [0.15, 0.2) is 34.8 Å². The standard InChI is InChI=1S/C19H18N2O7/c20-9-2-1-6-3-7-4-8-5-10(22)13(18(21)27)17(26)19(8,28)16(25)12(7)15(24)11(6)14(9)23/h1-2,7-8,22-23,25,28H,3-5,20H2,(H2,21,27)/t7-,8-,19-/m0/s1. The second kappa shape index (κ2) is 5.59. The molecule has 3 aliphatic carbocycles. The molecule has 0 aromatic heterocycles. The first-order valence-electron chi connectivity index (χ1n) is 8.66. The van der Waals surface area contributed by atoms with Crippen molar-refractivity contribution < 1.29 is 34.8 Å². The first-order valence-corrected chi connectivity index (χ1v) is 8.66. The number of rotatable bonds is 1. The largest absolute Gasteiger partial charge is 0.511 e. The highest BCUT2D eigenvalue weighted by Gasteiger charge is 2.59. The Balaban J connectivity index is 1.92. The summed E-state index contributed by atoms with van der Waals surface area (Å²) in [6.45, 7) is 0. The molecule has 0 aliphatic heterocycles. The summed E-state index contributed by atoms with van der Waals surface area (Å²) in [4.78, 5) is 37.3. The second-order valence-corrected chi connectivity index (χ2v) is 7.45. The number of carbonyl (C=O) groups excluding carboxylic acids is 3. The fourth-order valence-electron chi connectivity index (χ4n) is 4.61. The third-order valence-corrected chi connectivity index (χ3v) is 5.97. The fraction of sp³-hybridized carbons (Fsp3) is 0.316. The lowest BCUT2D eigenvalue weighted by Gasteiger charge is -2.45. The molecule has 1 amide bonds. The van der Waals surface area contributed by atoms with Crippen molar-refractivity contribution in [3.05, 3.63) is 45.9 Å². The van der Waals surface area contributed by atoms with E-state index in [0.29, 0.717) is 5.56 Å². The molecule has 0 bridgehead atoms. The van der Waals surface area contributed by atoms with Crippen LogP contribution in [0.25, 0.3) is 0 Å². The summed E-state index contributed by atoms with van der Waals surface area (Å²) in [7, 11) is 0. The monoisotopic (exact) mass is 386 g/mol. The van der Waals surface area contributed by atoms with E-state index < -0.39 is 57.8 Å². The summed E-state index contributed by atoms with van der Waals surface area (Å²) in [5.41, 5.74) is 7.67. The lowest BCUT2D eigenvalue weighted by atomic mass is 9.60. The molecule has 3 atom stereocenters. The number of benzene rings is 1. The molecular formula is C19H18N2O7. The number of fused-ring (bicyclic) bond motifs is 3. The van der Waals surface area contributed by atoms with Crippen LogP contribution in [0.4, 0.5) is 5.69 Å². The minimum absolute atomic E-state index is 0.0179. The average molecular weight is 386 g/mol. The van der Waals surface area contributed by atoms with E-state index in [4.69, 9.17) is 11.5 Å². The molecule has 146 valence electrons. The Hall–Kier alpha value is -3.33. The van der Waals surface area contributed by atoms with E-state index in [-0.39, 0.29) is 36.1 Å². The van der Waals surface area contributed by atoms with Gasteiger partial charge in [-0.3, -0.25) is 14.4 Å². The van der Waals surface area contributed by atoms with Gasteiger partial charge in [0.05, 0.1) is 11.3 Å². The van der Waals surface area contributed by atoms with E-state index in [2.05, 4.69) is 0 Å². The molecule has 0 heterocycles. The number of allylic oxidation sites excluding steroid dienone is 2. The Bertz CT molecular complexity index is 1040. The van der Waals surface area contributed by atoms with Crippen LogP contribution in [-0.4, -0.2) is 43.5 Å². The number of ketones is 2. The highest BCUT2D eigenvalue weighted by atomic mass is 16.3. The van der Waals surface area contributed by atoms with E-state index in [1.54, 1.807) is 6.07 Å². The molecule has 3 aliphatic rings. The smallest absolute Gasteiger partial charge is 0.255 e. The Morgan fingerprint density at radius 3 is 2.46 bits per heavy atom. The number of primary amides is 1. The Labute approximate surface area is 158 Å². The van der Waals surface area contributed by atoms with Crippen LogP contribution in [0.3, 0.4) is 0 Å². The van der Waals surface area contributed by atoms with E-state index in [1.165, 1.54) is 6.07 Å². The molecule has 28 heavy (non-hydrogen) atoms. The first kappa shape index (κ1) is 18.1. The lowest BCUT2D eigenvalue weighted by Crippen LogP contribution is -2.57. The van der Waals surface area contributed by atoms with Gasteiger partial charge in [0.2, 0.25) is 5.78 Å². The predicted molar refractivity (Wildman–Crippen MR) is 95.2 cm³/mol. The van der Waals surface area contributed by atoms with E-state index in [9.17, 15) is 34.8 Å². The fourth-order valence-corrected chi connectivity index (χ4v) is 4.61. The summed E-state index contributed by atoms with van der Waals surface area (Å²) in [6, 6.07) is 3.07. The van der Waals surface area contributed by atoms with Crippen molar-refractivity contribution in [3.63, 3.8) is 0 Å². The first-order chi connectivity index (χ1) is 13.1. The lowest BCUT2D eigenvalue weighted by molar-refractivity contribution is -0.144. The highest BCUT2D eigenvalue weighted by molar-refractivity contribution is 6.24. The van der Waals surface area contributed by atoms with Gasteiger partial charge in [-0.05, 0) is 30.4 Å². The van der Waals surface area contributed by atoms with Crippen LogP contribution < -0.4 is 11.5 Å². The molecule has 0 spiro atoms. The van der Waals surface area contributed by atoms with Crippen molar-refractivity contribution in [1.82, 2.24) is 0 Å². The number of aliphatic hydroxyl groups excluding tert-OH is 2. The van der Waals surface area contributed by atoms with Gasteiger partial charge in [0.1, 0.15) is 22.8 Å². The highest BCUT2D eigenvalue weighted by Crippen LogP contribution is 2.51. The quantitative estimate of drug-likeness (QED) is 0.224. The van der Waals surface area contributed by atoms with Gasteiger partial charge < -0.3 is 31.9 Å². The van der Waals surface area contributed by atoms with Gasteiger partial charge in [0.15, 0.2) is 11.4 Å². The van der Waals surface area contributed by atoms with Gasteiger partial charge in [-0.2, -0.15) is 0 Å². The van der Waals surface area contributed by atoms with Crippen LogP contribution >= 0.6 is 0 Å². The van der Waals surface area contributed by atoms with E-state index in [0.717, 1.165) is 0 Å². The van der Waals surface area contributed by atoms with Gasteiger partial charge in [0.25, 0.3) is 5.91 Å². The molecule has 0 saturated carbocycles. The number of amides is 1. The van der Waals surface area contributed by atoms with Gasteiger partial charge in [-0.15, -0.1) is 0 Å². The van der Waals surface area contributed by atoms with Crippen molar-refractivity contribution in [2.45, 2.75) is 24.9 Å². The van der Waals surface area contributed by atoms with Gasteiger partial charge >= 0.3 is 0 Å². The number of nitrogens with two attached hydrogens (primary N) is 2. The average Bonchev–Trinajstić information content (AvgIpc) is 2.61. The Morgan fingerprint density at radius 1 is 1.14 bits per heavy atom. The number of aromatic hydroxyl groups is 1. The van der Waals surface area contributed by atoms with Crippen molar-refractivity contribution in [2.24, 2.45) is 17.6 Å². The molecule has 1 aromatic rings. The number of Topliss-reactive ketones (excluding diaryl/α,β-unsaturated/α-hetero) is 2. The summed E-state index contributed by atoms with van der Waals surface area (Å²) >= 11 is 0. The molecule has 0 unspecified atom stereocenters. The van der Waals surface area contributed by atoms with Crippen LogP contribution in [0.2, 0.25) is 0 Å². The number of phenols is 1. The van der Waals surface area contributed by atoms with Gasteiger partial charge in [0, 0.05) is 17.9 Å².